The predicted octanol–water partition coefficient (Wildman–Crippen LogP) is 3.43. The lowest BCUT2D eigenvalue weighted by atomic mass is 9.89. The zero-order valence-electron chi connectivity index (χ0n) is 9.12. The van der Waals surface area contributed by atoms with Gasteiger partial charge >= 0.3 is 0 Å². The summed E-state index contributed by atoms with van der Waals surface area (Å²) >= 11 is 5.26. The lowest BCUT2D eigenvalue weighted by Crippen LogP contribution is -2.34. The normalized spacial score (nSPS) is 25.3. The van der Waals surface area contributed by atoms with Crippen LogP contribution in [-0.2, 0) is 0 Å². The molecule has 1 amide bonds. The molecule has 16 heavy (non-hydrogen) atoms. The van der Waals surface area contributed by atoms with Crippen molar-refractivity contribution in [2.75, 3.05) is 6.54 Å². The summed E-state index contributed by atoms with van der Waals surface area (Å²) in [5.41, 5.74) is 0.784. The Hall–Kier alpha value is -0.350. The number of carbonyl (C=O) groups excluding carboxylic acids is 1. The molecule has 2 unspecified atom stereocenters. The molecule has 0 bridgehead atoms. The number of hydrogen-bond acceptors (Lipinski definition) is 2. The minimum Gasteiger partial charge on any atom is -0.352 e. The van der Waals surface area contributed by atoms with Gasteiger partial charge in [-0.2, -0.15) is 11.3 Å². The van der Waals surface area contributed by atoms with Gasteiger partial charge in [-0.05, 0) is 30.2 Å². The van der Waals surface area contributed by atoms with Crippen LogP contribution in [0.1, 0.15) is 36.0 Å². The molecule has 88 valence electrons. The molecule has 0 aliphatic heterocycles. The smallest absolute Gasteiger partial charge is 0.252 e. The zero-order chi connectivity index (χ0) is 11.4. The number of nitrogens with one attached hydrogen (secondary N) is 1. The second-order valence-electron chi connectivity index (χ2n) is 4.28. The number of alkyl halides is 1. The lowest BCUT2D eigenvalue weighted by Gasteiger charge is -2.27. The van der Waals surface area contributed by atoms with E-state index < -0.39 is 0 Å². The minimum atomic E-state index is 0.0616. The van der Waals surface area contributed by atoms with Crippen LogP contribution in [0.3, 0.4) is 0 Å². The Bertz CT molecular complexity index is 339. The van der Waals surface area contributed by atoms with Crippen molar-refractivity contribution in [2.45, 2.75) is 30.5 Å². The van der Waals surface area contributed by atoms with E-state index in [2.05, 4.69) is 21.2 Å². The summed E-state index contributed by atoms with van der Waals surface area (Å²) in [5, 5.41) is 6.85. The molecule has 0 radical (unpaired) electrons. The van der Waals surface area contributed by atoms with Gasteiger partial charge in [-0.25, -0.2) is 0 Å². The van der Waals surface area contributed by atoms with Crippen molar-refractivity contribution >= 4 is 33.2 Å². The van der Waals surface area contributed by atoms with E-state index in [1.54, 1.807) is 11.3 Å². The van der Waals surface area contributed by atoms with Crippen molar-refractivity contribution in [3.63, 3.8) is 0 Å². The zero-order valence-corrected chi connectivity index (χ0v) is 11.5. The van der Waals surface area contributed by atoms with E-state index in [0.717, 1.165) is 12.1 Å². The third-order valence-electron chi connectivity index (χ3n) is 3.12. The van der Waals surface area contributed by atoms with Crippen LogP contribution in [0.2, 0.25) is 0 Å². The average molecular weight is 302 g/mol. The van der Waals surface area contributed by atoms with Crippen LogP contribution in [-0.4, -0.2) is 17.3 Å². The average Bonchev–Trinajstić information content (AvgIpc) is 2.81. The van der Waals surface area contributed by atoms with Crippen LogP contribution in [0, 0.1) is 5.92 Å². The van der Waals surface area contributed by atoms with Gasteiger partial charge in [-0.3, -0.25) is 4.79 Å². The third-order valence-corrected chi connectivity index (χ3v) is 5.01. The Morgan fingerprint density at radius 3 is 3.00 bits per heavy atom. The van der Waals surface area contributed by atoms with Crippen LogP contribution in [0.25, 0.3) is 0 Å². The van der Waals surface area contributed by atoms with E-state index >= 15 is 0 Å². The highest BCUT2D eigenvalue weighted by atomic mass is 79.9. The van der Waals surface area contributed by atoms with Crippen molar-refractivity contribution in [3.8, 4) is 0 Å². The Kier molecular flexibility index (Phi) is 4.41. The number of hydrogen-bond donors (Lipinski definition) is 1. The summed E-state index contributed by atoms with van der Waals surface area (Å²) < 4.78 is 0. The number of thiophene rings is 1. The Morgan fingerprint density at radius 1 is 1.50 bits per heavy atom. The number of rotatable bonds is 3. The lowest BCUT2D eigenvalue weighted by molar-refractivity contribution is 0.0945. The first-order valence-electron chi connectivity index (χ1n) is 5.72. The van der Waals surface area contributed by atoms with E-state index in [1.165, 1.54) is 25.7 Å². The molecule has 2 rings (SSSR count). The number of carbonyl (C=O) groups is 1. The van der Waals surface area contributed by atoms with Crippen molar-refractivity contribution in [2.24, 2.45) is 5.92 Å². The SMILES string of the molecule is O=C(NCC1CCCCC1Br)c1ccsc1. The summed E-state index contributed by atoms with van der Waals surface area (Å²) in [6, 6.07) is 1.87. The molecule has 0 spiro atoms. The van der Waals surface area contributed by atoms with Crippen LogP contribution >= 0.6 is 27.3 Å². The predicted molar refractivity (Wildman–Crippen MR) is 71.3 cm³/mol. The molecule has 4 heteroatoms. The summed E-state index contributed by atoms with van der Waals surface area (Å²) in [6.07, 6.45) is 5.06. The molecule has 0 saturated heterocycles. The topological polar surface area (TPSA) is 29.1 Å². The maximum Gasteiger partial charge on any atom is 0.252 e. The largest absolute Gasteiger partial charge is 0.352 e. The van der Waals surface area contributed by atoms with Gasteiger partial charge in [-0.15, -0.1) is 0 Å². The summed E-state index contributed by atoms with van der Waals surface area (Å²) in [7, 11) is 0. The summed E-state index contributed by atoms with van der Waals surface area (Å²) in [6.45, 7) is 0.796. The van der Waals surface area contributed by atoms with Crippen molar-refractivity contribution in [1.82, 2.24) is 5.32 Å². The fraction of sp³-hybridized carbons (Fsp3) is 0.583. The van der Waals surface area contributed by atoms with Crippen LogP contribution in [0.4, 0.5) is 0 Å². The van der Waals surface area contributed by atoms with Gasteiger partial charge in [-0.1, -0.05) is 28.8 Å². The Balaban J connectivity index is 1.80. The van der Waals surface area contributed by atoms with E-state index in [4.69, 9.17) is 0 Å². The number of halogens is 1. The summed E-state index contributed by atoms with van der Waals surface area (Å²) in [4.78, 5) is 12.3. The quantitative estimate of drug-likeness (QED) is 0.852. The highest BCUT2D eigenvalue weighted by Crippen LogP contribution is 2.29. The third kappa shape index (κ3) is 3.08. The minimum absolute atomic E-state index is 0.0616. The fourth-order valence-corrected chi connectivity index (χ4v) is 3.52. The molecule has 1 aliphatic rings. The molecule has 2 atom stereocenters. The first-order valence-corrected chi connectivity index (χ1v) is 7.57. The maximum atomic E-state index is 11.7. The van der Waals surface area contributed by atoms with Gasteiger partial charge in [0.15, 0.2) is 0 Å². The maximum absolute atomic E-state index is 11.7. The van der Waals surface area contributed by atoms with Gasteiger partial charge < -0.3 is 5.32 Å². The fourth-order valence-electron chi connectivity index (χ4n) is 2.11. The van der Waals surface area contributed by atoms with Crippen molar-refractivity contribution in [1.29, 1.82) is 0 Å². The second-order valence-corrected chi connectivity index (χ2v) is 6.24. The van der Waals surface area contributed by atoms with Crippen LogP contribution < -0.4 is 5.32 Å². The van der Waals surface area contributed by atoms with Gasteiger partial charge in [0.05, 0.1) is 0 Å². The highest BCUT2D eigenvalue weighted by molar-refractivity contribution is 9.09. The van der Waals surface area contributed by atoms with Gasteiger partial charge in [0.2, 0.25) is 0 Å². The Labute approximate surface area is 109 Å². The van der Waals surface area contributed by atoms with E-state index in [0.29, 0.717) is 10.7 Å². The molecule has 0 aromatic carbocycles. The van der Waals surface area contributed by atoms with Gasteiger partial charge in [0, 0.05) is 22.3 Å². The summed E-state index contributed by atoms with van der Waals surface area (Å²) in [5.74, 6) is 0.655. The molecular formula is C12H16BrNOS. The number of amides is 1. The molecule has 2 nitrogen and oxygen atoms in total. The first-order chi connectivity index (χ1) is 7.77. The molecule has 1 aromatic heterocycles. The molecule has 1 aliphatic carbocycles. The molecule has 1 N–H and O–H groups in total. The van der Waals surface area contributed by atoms with E-state index in [-0.39, 0.29) is 5.91 Å². The molecular weight excluding hydrogens is 286 g/mol. The van der Waals surface area contributed by atoms with Gasteiger partial charge in [0.1, 0.15) is 0 Å². The van der Waals surface area contributed by atoms with Crippen molar-refractivity contribution < 1.29 is 4.79 Å². The van der Waals surface area contributed by atoms with E-state index in [9.17, 15) is 4.79 Å². The Morgan fingerprint density at radius 2 is 2.31 bits per heavy atom. The monoisotopic (exact) mass is 301 g/mol. The highest BCUT2D eigenvalue weighted by Gasteiger charge is 2.23. The van der Waals surface area contributed by atoms with Crippen LogP contribution in [0.5, 0.6) is 0 Å². The first kappa shape index (κ1) is 12.1. The van der Waals surface area contributed by atoms with E-state index in [1.807, 2.05) is 16.8 Å². The molecule has 1 saturated carbocycles. The van der Waals surface area contributed by atoms with Gasteiger partial charge in [0.25, 0.3) is 5.91 Å². The van der Waals surface area contributed by atoms with Crippen molar-refractivity contribution in [3.05, 3.63) is 22.4 Å². The molecule has 1 heterocycles. The second kappa shape index (κ2) is 5.82. The molecule has 1 fully saturated rings. The van der Waals surface area contributed by atoms with Crippen LogP contribution in [0.15, 0.2) is 16.8 Å². The molecule has 1 aromatic rings. The standard InChI is InChI=1S/C12H16BrNOS/c13-11-4-2-1-3-9(11)7-14-12(15)10-5-6-16-8-10/h5-6,8-9,11H,1-4,7H2,(H,14,15).